The van der Waals surface area contributed by atoms with E-state index in [2.05, 4.69) is 16.2 Å². The van der Waals surface area contributed by atoms with Crippen molar-refractivity contribution < 1.29 is 4.52 Å². The second-order valence-corrected chi connectivity index (χ2v) is 7.36. The van der Waals surface area contributed by atoms with Crippen LogP contribution in [-0.4, -0.2) is 15.1 Å². The molecule has 3 aromatic heterocycles. The normalized spacial score (nSPS) is 13.0. The molecule has 0 fully saturated rings. The first kappa shape index (κ1) is 15.4. The predicted molar refractivity (Wildman–Crippen MR) is 92.9 cm³/mol. The molecule has 0 amide bonds. The SMILES string of the molecule is Cc1c(C#N)c(SCc2nc(-c3ccsc3)no2)nc2c1CCC2. The standard InChI is InChI=1S/C17H14N4OS2/c1-10-12-3-2-4-14(12)19-17(13(10)7-18)24-9-15-20-16(21-22-15)11-5-6-23-8-11/h5-6,8H,2-4,9H2,1H3. The second-order valence-electron chi connectivity index (χ2n) is 5.62. The third kappa shape index (κ3) is 2.72. The zero-order valence-corrected chi connectivity index (χ0v) is 14.7. The molecule has 0 aromatic carbocycles. The van der Waals surface area contributed by atoms with Gasteiger partial charge in [-0.15, -0.1) is 0 Å². The molecule has 1 aliphatic rings. The highest BCUT2D eigenvalue weighted by Gasteiger charge is 2.21. The number of aryl methyl sites for hydroxylation is 1. The maximum atomic E-state index is 9.50. The number of rotatable bonds is 4. The maximum Gasteiger partial charge on any atom is 0.237 e. The van der Waals surface area contributed by atoms with Crippen LogP contribution in [-0.2, 0) is 18.6 Å². The Morgan fingerprint density at radius 1 is 1.38 bits per heavy atom. The number of nitrogens with zero attached hydrogens (tertiary/aromatic N) is 4. The average Bonchev–Trinajstić information content (AvgIpc) is 3.32. The van der Waals surface area contributed by atoms with Crippen LogP contribution >= 0.6 is 23.1 Å². The van der Waals surface area contributed by atoms with Crippen LogP contribution in [0.4, 0.5) is 0 Å². The Morgan fingerprint density at radius 3 is 3.08 bits per heavy atom. The average molecular weight is 354 g/mol. The molecule has 4 rings (SSSR count). The number of pyridine rings is 1. The fraction of sp³-hybridized carbons (Fsp3) is 0.294. The highest BCUT2D eigenvalue weighted by Crippen LogP contribution is 2.33. The van der Waals surface area contributed by atoms with Crippen molar-refractivity contribution in [3.05, 3.63) is 45.1 Å². The van der Waals surface area contributed by atoms with Crippen molar-refractivity contribution >= 4 is 23.1 Å². The quantitative estimate of drug-likeness (QED) is 0.655. The predicted octanol–water partition coefficient (Wildman–Crippen LogP) is 4.15. The van der Waals surface area contributed by atoms with Crippen LogP contribution in [0.25, 0.3) is 11.4 Å². The monoisotopic (exact) mass is 354 g/mol. The molecule has 0 saturated carbocycles. The molecule has 7 heteroatoms. The summed E-state index contributed by atoms with van der Waals surface area (Å²) >= 11 is 3.09. The highest BCUT2D eigenvalue weighted by molar-refractivity contribution is 7.98. The van der Waals surface area contributed by atoms with Gasteiger partial charge in [-0.3, -0.25) is 0 Å². The minimum atomic E-state index is 0.511. The van der Waals surface area contributed by atoms with Crippen LogP contribution in [0, 0.1) is 18.3 Å². The molecule has 0 saturated heterocycles. The van der Waals surface area contributed by atoms with Gasteiger partial charge < -0.3 is 4.52 Å². The molecule has 3 heterocycles. The molecule has 0 radical (unpaired) electrons. The summed E-state index contributed by atoms with van der Waals surface area (Å²) in [6.45, 7) is 2.02. The van der Waals surface area contributed by atoms with Crippen molar-refractivity contribution in [2.75, 3.05) is 0 Å². The van der Waals surface area contributed by atoms with Gasteiger partial charge in [0.2, 0.25) is 11.7 Å². The van der Waals surface area contributed by atoms with Gasteiger partial charge in [0.05, 0.1) is 11.3 Å². The molecule has 5 nitrogen and oxygen atoms in total. The van der Waals surface area contributed by atoms with Gasteiger partial charge in [-0.2, -0.15) is 21.6 Å². The number of hydrogen-bond donors (Lipinski definition) is 0. The molecular formula is C17H14N4OS2. The molecule has 0 unspecified atom stereocenters. The first-order valence-electron chi connectivity index (χ1n) is 7.66. The van der Waals surface area contributed by atoms with Crippen molar-refractivity contribution in [2.24, 2.45) is 0 Å². The number of thiophene rings is 1. The van der Waals surface area contributed by atoms with Crippen molar-refractivity contribution in [2.45, 2.75) is 37.0 Å². The van der Waals surface area contributed by atoms with Crippen molar-refractivity contribution in [3.8, 4) is 17.5 Å². The first-order valence-corrected chi connectivity index (χ1v) is 9.59. The summed E-state index contributed by atoms with van der Waals surface area (Å²) in [7, 11) is 0. The highest BCUT2D eigenvalue weighted by atomic mass is 32.2. The summed E-state index contributed by atoms with van der Waals surface area (Å²) in [5, 5.41) is 18.3. The van der Waals surface area contributed by atoms with E-state index in [0.29, 0.717) is 23.0 Å². The second kappa shape index (κ2) is 6.38. The van der Waals surface area contributed by atoms with E-state index in [0.717, 1.165) is 41.1 Å². The van der Waals surface area contributed by atoms with E-state index in [4.69, 9.17) is 9.51 Å². The van der Waals surface area contributed by atoms with Crippen LogP contribution < -0.4 is 0 Å². The molecule has 0 spiro atoms. The number of aromatic nitrogens is 3. The Morgan fingerprint density at radius 2 is 2.29 bits per heavy atom. The minimum Gasteiger partial charge on any atom is -0.338 e. The summed E-state index contributed by atoms with van der Waals surface area (Å²) in [5.74, 6) is 1.66. The van der Waals surface area contributed by atoms with Crippen LogP contribution in [0.1, 0.15) is 34.7 Å². The molecule has 0 aliphatic heterocycles. The Balaban J connectivity index is 1.56. The number of fused-ring (bicyclic) bond motifs is 1. The summed E-state index contributed by atoms with van der Waals surface area (Å²) in [5.41, 5.74) is 5.11. The summed E-state index contributed by atoms with van der Waals surface area (Å²) in [6.07, 6.45) is 3.15. The molecule has 0 atom stereocenters. The van der Waals surface area contributed by atoms with Crippen LogP contribution in [0.2, 0.25) is 0 Å². The van der Waals surface area contributed by atoms with E-state index < -0.39 is 0 Å². The number of thioether (sulfide) groups is 1. The fourth-order valence-corrected chi connectivity index (χ4v) is 4.46. The van der Waals surface area contributed by atoms with Crippen LogP contribution in [0.5, 0.6) is 0 Å². The van der Waals surface area contributed by atoms with Crippen molar-refractivity contribution in [3.63, 3.8) is 0 Å². The Bertz CT molecular complexity index is 925. The molecular weight excluding hydrogens is 340 g/mol. The third-order valence-electron chi connectivity index (χ3n) is 4.16. The molecule has 0 N–H and O–H groups in total. The number of hydrogen-bond acceptors (Lipinski definition) is 7. The van der Waals surface area contributed by atoms with Gasteiger partial charge >= 0.3 is 0 Å². The van der Waals surface area contributed by atoms with Gasteiger partial charge in [-0.25, -0.2) is 4.98 Å². The smallest absolute Gasteiger partial charge is 0.237 e. The zero-order chi connectivity index (χ0) is 16.5. The minimum absolute atomic E-state index is 0.511. The Kier molecular flexibility index (Phi) is 4.08. The summed E-state index contributed by atoms with van der Waals surface area (Å²) < 4.78 is 5.32. The van der Waals surface area contributed by atoms with Gasteiger partial charge in [0.15, 0.2) is 0 Å². The Labute approximate surface area is 147 Å². The van der Waals surface area contributed by atoms with E-state index in [1.54, 1.807) is 11.3 Å². The van der Waals surface area contributed by atoms with Crippen molar-refractivity contribution in [1.29, 1.82) is 5.26 Å². The largest absolute Gasteiger partial charge is 0.338 e. The lowest BCUT2D eigenvalue weighted by Crippen LogP contribution is -2.00. The van der Waals surface area contributed by atoms with Crippen LogP contribution in [0.15, 0.2) is 26.4 Å². The molecule has 0 bridgehead atoms. The molecule has 24 heavy (non-hydrogen) atoms. The van der Waals surface area contributed by atoms with Gasteiger partial charge in [0.1, 0.15) is 11.1 Å². The summed E-state index contributed by atoms with van der Waals surface area (Å²) in [4.78, 5) is 9.12. The molecule has 1 aliphatic carbocycles. The fourth-order valence-electron chi connectivity index (χ4n) is 2.93. The lowest BCUT2D eigenvalue weighted by molar-refractivity contribution is 0.391. The topological polar surface area (TPSA) is 75.6 Å². The zero-order valence-electron chi connectivity index (χ0n) is 13.1. The Hall–Kier alpha value is -2.17. The number of nitriles is 1. The van der Waals surface area contributed by atoms with Crippen LogP contribution in [0.3, 0.4) is 0 Å². The van der Waals surface area contributed by atoms with Crippen molar-refractivity contribution in [1.82, 2.24) is 15.1 Å². The molecule has 120 valence electrons. The summed E-state index contributed by atoms with van der Waals surface area (Å²) in [6, 6.07) is 4.27. The lowest BCUT2D eigenvalue weighted by atomic mass is 10.0. The third-order valence-corrected chi connectivity index (χ3v) is 5.80. The van der Waals surface area contributed by atoms with Gasteiger partial charge in [-0.1, -0.05) is 16.9 Å². The van der Waals surface area contributed by atoms with Gasteiger partial charge in [0.25, 0.3) is 0 Å². The first-order chi connectivity index (χ1) is 11.8. The van der Waals surface area contributed by atoms with E-state index in [1.807, 2.05) is 23.8 Å². The van der Waals surface area contributed by atoms with E-state index >= 15 is 0 Å². The van der Waals surface area contributed by atoms with Gasteiger partial charge in [0, 0.05) is 16.6 Å². The maximum absolute atomic E-state index is 9.50. The van der Waals surface area contributed by atoms with E-state index in [1.165, 1.54) is 17.3 Å². The van der Waals surface area contributed by atoms with E-state index in [-0.39, 0.29) is 0 Å². The van der Waals surface area contributed by atoms with E-state index in [9.17, 15) is 5.26 Å². The molecule has 3 aromatic rings. The lowest BCUT2D eigenvalue weighted by Gasteiger charge is -2.09. The van der Waals surface area contributed by atoms with Gasteiger partial charge in [-0.05, 0) is 48.8 Å².